The number of ketones is 1. The average Bonchev–Trinajstić information content (AvgIpc) is 2.92. The van der Waals surface area contributed by atoms with Gasteiger partial charge < -0.3 is 16.6 Å². The van der Waals surface area contributed by atoms with Crippen LogP contribution in [-0.2, 0) is 13.1 Å². The van der Waals surface area contributed by atoms with E-state index in [1.54, 1.807) is 10.9 Å². The Balaban J connectivity index is 2.04. The number of Topliss-reactive ketones (excluding diaryl/α,β-unsaturated/α-hetero) is 1. The molecular formula is C16H17N6O4+. The molecule has 0 aliphatic rings. The number of H-pyrrole nitrogens is 1. The van der Waals surface area contributed by atoms with Crippen LogP contribution in [-0.4, -0.2) is 31.3 Å². The number of carbonyl (C=O) groups is 2. The van der Waals surface area contributed by atoms with Crippen LogP contribution in [0.25, 0.3) is 11.2 Å². The number of rotatable bonds is 5. The van der Waals surface area contributed by atoms with Crippen molar-refractivity contribution >= 4 is 28.8 Å². The quantitative estimate of drug-likeness (QED) is 0.349. The third kappa shape index (κ3) is 2.88. The van der Waals surface area contributed by atoms with E-state index in [2.05, 4.69) is 9.97 Å². The van der Waals surface area contributed by atoms with Crippen molar-refractivity contribution in [2.24, 2.45) is 5.73 Å². The number of amides is 1. The molecule has 0 radical (unpaired) electrons. The molecule has 0 aliphatic carbocycles. The molecule has 0 unspecified atom stereocenters. The number of benzene rings is 1. The Labute approximate surface area is 146 Å². The molecule has 0 spiro atoms. The largest absolute Gasteiger partial charge is 0.507 e. The first-order chi connectivity index (χ1) is 12.3. The molecule has 10 nitrogen and oxygen atoms in total. The smallest absolute Gasteiger partial charge is 0.312 e. The standard InChI is InChI=1S/C16H16N6O4/c1-2-21-7-22(14-12(21)15(26)20-16(18)19-14)6-11(24)8-3-4-10(23)9(5-8)13(17)25/h3-5,7H,2,6H2,1H3,(H5-,17,18,19,20,23,24,25,26)/p+1. The van der Waals surface area contributed by atoms with Gasteiger partial charge in [-0.2, -0.15) is 0 Å². The van der Waals surface area contributed by atoms with E-state index >= 15 is 0 Å². The van der Waals surface area contributed by atoms with Crippen molar-refractivity contribution in [1.82, 2.24) is 14.5 Å². The number of primary amides is 1. The number of phenols is 1. The van der Waals surface area contributed by atoms with Gasteiger partial charge in [0.1, 0.15) is 12.3 Å². The number of aromatic nitrogens is 4. The van der Waals surface area contributed by atoms with Crippen LogP contribution in [0.15, 0.2) is 29.3 Å². The number of aromatic amines is 1. The van der Waals surface area contributed by atoms with E-state index in [1.165, 1.54) is 22.8 Å². The fraction of sp³-hybridized carbons (Fsp3) is 0.188. The average molecular weight is 357 g/mol. The van der Waals surface area contributed by atoms with Crippen molar-refractivity contribution in [3.63, 3.8) is 0 Å². The summed E-state index contributed by atoms with van der Waals surface area (Å²) in [5, 5.41) is 9.63. The number of hydrogen-bond acceptors (Lipinski definition) is 6. The highest BCUT2D eigenvalue weighted by Gasteiger charge is 2.23. The number of aryl methyl sites for hydroxylation is 1. The SMILES string of the molecule is CCn1c[n+](CC(=O)c2ccc(O)c(C(N)=O)c2)c2nc(N)[nH]c(=O)c21. The van der Waals surface area contributed by atoms with Crippen molar-refractivity contribution in [2.45, 2.75) is 20.0 Å². The maximum absolute atomic E-state index is 12.6. The number of carbonyl (C=O) groups excluding carboxylic acids is 2. The van der Waals surface area contributed by atoms with Crippen LogP contribution < -0.4 is 21.6 Å². The van der Waals surface area contributed by atoms with Gasteiger partial charge in [-0.15, -0.1) is 0 Å². The Hall–Kier alpha value is -3.69. The summed E-state index contributed by atoms with van der Waals surface area (Å²) in [5.74, 6) is -1.55. The molecule has 10 heteroatoms. The number of fused-ring (bicyclic) bond motifs is 1. The molecule has 2 heterocycles. The highest BCUT2D eigenvalue weighted by atomic mass is 16.3. The first-order valence-corrected chi connectivity index (χ1v) is 7.76. The maximum atomic E-state index is 12.6. The number of nitrogen functional groups attached to an aromatic ring is 1. The minimum Gasteiger partial charge on any atom is -0.507 e. The van der Waals surface area contributed by atoms with E-state index in [1.807, 2.05) is 6.92 Å². The minimum absolute atomic E-state index is 0.0572. The van der Waals surface area contributed by atoms with Crippen molar-refractivity contribution < 1.29 is 19.3 Å². The third-order valence-electron chi connectivity index (χ3n) is 3.97. The van der Waals surface area contributed by atoms with Gasteiger partial charge in [-0.1, -0.05) is 4.98 Å². The summed E-state index contributed by atoms with van der Waals surface area (Å²) >= 11 is 0. The second-order valence-electron chi connectivity index (χ2n) is 5.67. The molecular weight excluding hydrogens is 340 g/mol. The molecule has 0 saturated heterocycles. The highest BCUT2D eigenvalue weighted by molar-refractivity contribution is 6.01. The molecule has 0 saturated carbocycles. The number of aromatic hydroxyl groups is 1. The summed E-state index contributed by atoms with van der Waals surface area (Å²) in [6.45, 7) is 2.21. The van der Waals surface area contributed by atoms with Gasteiger partial charge >= 0.3 is 5.65 Å². The fourth-order valence-corrected chi connectivity index (χ4v) is 2.72. The second kappa shape index (κ2) is 6.31. The molecule has 2 aromatic heterocycles. The van der Waals surface area contributed by atoms with E-state index in [9.17, 15) is 19.5 Å². The van der Waals surface area contributed by atoms with Crippen LogP contribution >= 0.6 is 0 Å². The molecule has 0 atom stereocenters. The Bertz CT molecular complexity index is 1100. The number of hydrogen-bond donors (Lipinski definition) is 4. The second-order valence-corrected chi connectivity index (χ2v) is 5.67. The monoisotopic (exact) mass is 357 g/mol. The molecule has 1 aromatic carbocycles. The van der Waals surface area contributed by atoms with E-state index in [0.29, 0.717) is 12.1 Å². The van der Waals surface area contributed by atoms with Gasteiger partial charge in [-0.25, -0.2) is 4.57 Å². The Kier molecular flexibility index (Phi) is 4.16. The van der Waals surface area contributed by atoms with Crippen molar-refractivity contribution in [3.05, 3.63) is 46.0 Å². The molecule has 3 rings (SSSR count). The van der Waals surface area contributed by atoms with Crippen LogP contribution in [0, 0.1) is 0 Å². The van der Waals surface area contributed by atoms with Crippen molar-refractivity contribution in [2.75, 3.05) is 5.73 Å². The lowest BCUT2D eigenvalue weighted by Crippen LogP contribution is -2.38. The zero-order chi connectivity index (χ0) is 19.0. The number of imidazole rings is 1. The number of nitrogens with zero attached hydrogens (tertiary/aromatic N) is 3. The summed E-state index contributed by atoms with van der Waals surface area (Å²) in [6.07, 6.45) is 1.60. The van der Waals surface area contributed by atoms with Gasteiger partial charge in [-0.3, -0.25) is 23.9 Å². The molecule has 6 N–H and O–H groups in total. The normalized spacial score (nSPS) is 11.0. The van der Waals surface area contributed by atoms with E-state index in [0.717, 1.165) is 0 Å². The van der Waals surface area contributed by atoms with E-state index < -0.39 is 11.5 Å². The van der Waals surface area contributed by atoms with Crippen LogP contribution in [0.5, 0.6) is 5.75 Å². The van der Waals surface area contributed by atoms with Crippen LogP contribution in [0.3, 0.4) is 0 Å². The van der Waals surface area contributed by atoms with Gasteiger partial charge in [0.15, 0.2) is 12.1 Å². The van der Waals surface area contributed by atoms with Crippen LogP contribution in [0.2, 0.25) is 0 Å². The summed E-state index contributed by atoms with van der Waals surface area (Å²) in [6, 6.07) is 3.85. The molecule has 0 aliphatic heterocycles. The lowest BCUT2D eigenvalue weighted by molar-refractivity contribution is -0.659. The Morgan fingerprint density at radius 1 is 1.38 bits per heavy atom. The van der Waals surface area contributed by atoms with Gasteiger partial charge in [0, 0.05) is 5.56 Å². The molecule has 1 amide bonds. The Morgan fingerprint density at radius 3 is 2.77 bits per heavy atom. The zero-order valence-corrected chi connectivity index (χ0v) is 13.9. The highest BCUT2D eigenvalue weighted by Crippen LogP contribution is 2.18. The van der Waals surface area contributed by atoms with Crippen molar-refractivity contribution in [3.8, 4) is 5.75 Å². The fourth-order valence-electron chi connectivity index (χ4n) is 2.72. The van der Waals surface area contributed by atoms with Crippen molar-refractivity contribution in [1.29, 1.82) is 0 Å². The topological polar surface area (TPSA) is 161 Å². The maximum Gasteiger partial charge on any atom is 0.312 e. The predicted octanol–water partition coefficient (Wildman–Crippen LogP) is -0.698. The minimum atomic E-state index is -0.839. The summed E-state index contributed by atoms with van der Waals surface area (Å²) < 4.78 is 3.16. The first kappa shape index (κ1) is 17.1. The van der Waals surface area contributed by atoms with Gasteiger partial charge in [0.2, 0.25) is 5.52 Å². The summed E-state index contributed by atoms with van der Waals surface area (Å²) in [7, 11) is 0. The molecule has 134 valence electrons. The van der Waals surface area contributed by atoms with Crippen LogP contribution in [0.1, 0.15) is 27.6 Å². The van der Waals surface area contributed by atoms with Gasteiger partial charge in [-0.05, 0) is 25.1 Å². The lowest BCUT2D eigenvalue weighted by atomic mass is 10.1. The van der Waals surface area contributed by atoms with Gasteiger partial charge in [0.05, 0.1) is 12.1 Å². The zero-order valence-electron chi connectivity index (χ0n) is 13.9. The number of anilines is 1. The van der Waals surface area contributed by atoms with Crippen LogP contribution in [0.4, 0.5) is 5.95 Å². The summed E-state index contributed by atoms with van der Waals surface area (Å²) in [4.78, 5) is 42.6. The first-order valence-electron chi connectivity index (χ1n) is 7.76. The summed E-state index contributed by atoms with van der Waals surface area (Å²) in [5.41, 5.74) is 11.0. The lowest BCUT2D eigenvalue weighted by Gasteiger charge is -2.04. The molecule has 0 bridgehead atoms. The predicted molar refractivity (Wildman–Crippen MR) is 91.6 cm³/mol. The molecule has 26 heavy (non-hydrogen) atoms. The third-order valence-corrected chi connectivity index (χ3v) is 3.97. The number of nitrogens with one attached hydrogen (secondary N) is 1. The molecule has 3 aromatic rings. The Morgan fingerprint density at radius 2 is 2.12 bits per heavy atom. The number of nitrogens with two attached hydrogens (primary N) is 2. The molecule has 0 fully saturated rings. The van der Waals surface area contributed by atoms with Gasteiger partial charge in [0.25, 0.3) is 17.4 Å². The van der Waals surface area contributed by atoms with E-state index in [4.69, 9.17) is 11.5 Å². The van der Waals surface area contributed by atoms with E-state index in [-0.39, 0.29) is 40.8 Å².